The van der Waals surface area contributed by atoms with Crippen molar-refractivity contribution in [2.45, 2.75) is 12.5 Å². The van der Waals surface area contributed by atoms with Crippen LogP contribution < -0.4 is 5.73 Å². The van der Waals surface area contributed by atoms with E-state index in [0.29, 0.717) is 11.2 Å². The van der Waals surface area contributed by atoms with Crippen molar-refractivity contribution in [3.05, 3.63) is 60.3 Å². The number of phenols is 1. The standard InChI is InChI=1S/C18H16N2O3/c19-15(18(22)23)10-12-6-7-14-13(11-4-2-1-3-5-11)8-9-16(21)17(14)20-12/h1-9,15,21H,10,19H2,(H,22,23)/t15-/m0/s1. The molecule has 5 nitrogen and oxygen atoms in total. The summed E-state index contributed by atoms with van der Waals surface area (Å²) in [4.78, 5) is 15.3. The molecule has 116 valence electrons. The number of pyridine rings is 1. The quantitative estimate of drug-likeness (QED) is 0.688. The van der Waals surface area contributed by atoms with Crippen molar-refractivity contribution in [1.82, 2.24) is 4.98 Å². The fourth-order valence-corrected chi connectivity index (χ4v) is 2.54. The first kappa shape index (κ1) is 15.0. The summed E-state index contributed by atoms with van der Waals surface area (Å²) < 4.78 is 0. The molecule has 1 atom stereocenters. The zero-order valence-electron chi connectivity index (χ0n) is 12.3. The number of nitrogens with two attached hydrogens (primary N) is 1. The number of carbonyl (C=O) groups is 1. The molecule has 3 rings (SSSR count). The molecule has 0 aliphatic carbocycles. The van der Waals surface area contributed by atoms with Crippen molar-refractivity contribution in [2.75, 3.05) is 0 Å². The lowest BCUT2D eigenvalue weighted by Crippen LogP contribution is -2.32. The number of aliphatic carboxylic acids is 1. The molecule has 0 saturated heterocycles. The van der Waals surface area contributed by atoms with Gasteiger partial charge in [0.2, 0.25) is 0 Å². The number of nitrogens with zero attached hydrogens (tertiary/aromatic N) is 1. The maximum absolute atomic E-state index is 10.9. The van der Waals surface area contributed by atoms with Crippen LogP contribution in [0.2, 0.25) is 0 Å². The predicted octanol–water partition coefficient (Wildman–Crippen LogP) is 2.56. The molecule has 0 bridgehead atoms. The first-order valence-electron chi connectivity index (χ1n) is 7.21. The number of hydrogen-bond acceptors (Lipinski definition) is 4. The minimum absolute atomic E-state index is 0.0606. The van der Waals surface area contributed by atoms with Gasteiger partial charge < -0.3 is 15.9 Å². The summed E-state index contributed by atoms with van der Waals surface area (Å²) in [6.07, 6.45) is 0.111. The molecule has 0 radical (unpaired) electrons. The number of carboxylic acid groups (broad SMARTS) is 1. The lowest BCUT2D eigenvalue weighted by molar-refractivity contribution is -0.138. The molecule has 0 unspecified atom stereocenters. The van der Waals surface area contributed by atoms with Crippen LogP contribution in [0.5, 0.6) is 5.75 Å². The fraction of sp³-hybridized carbons (Fsp3) is 0.111. The second-order valence-corrected chi connectivity index (χ2v) is 5.35. The topological polar surface area (TPSA) is 96.4 Å². The van der Waals surface area contributed by atoms with E-state index >= 15 is 0 Å². The van der Waals surface area contributed by atoms with Crippen LogP contribution in [-0.4, -0.2) is 27.2 Å². The summed E-state index contributed by atoms with van der Waals surface area (Å²) >= 11 is 0. The van der Waals surface area contributed by atoms with Gasteiger partial charge in [0.25, 0.3) is 0 Å². The Labute approximate surface area is 133 Å². The van der Waals surface area contributed by atoms with E-state index in [9.17, 15) is 9.90 Å². The van der Waals surface area contributed by atoms with Crippen molar-refractivity contribution in [3.63, 3.8) is 0 Å². The molecule has 0 saturated carbocycles. The highest BCUT2D eigenvalue weighted by atomic mass is 16.4. The van der Waals surface area contributed by atoms with Crippen molar-refractivity contribution in [2.24, 2.45) is 5.73 Å². The van der Waals surface area contributed by atoms with Gasteiger partial charge in [0.1, 0.15) is 17.3 Å². The van der Waals surface area contributed by atoms with Gasteiger partial charge in [-0.2, -0.15) is 0 Å². The summed E-state index contributed by atoms with van der Waals surface area (Å²) in [5.74, 6) is -1.01. The van der Waals surface area contributed by atoms with Gasteiger partial charge >= 0.3 is 5.97 Å². The van der Waals surface area contributed by atoms with E-state index in [1.54, 1.807) is 12.1 Å². The molecule has 1 heterocycles. The summed E-state index contributed by atoms with van der Waals surface area (Å²) in [5, 5.41) is 19.8. The number of carboxylic acids is 1. The molecule has 0 amide bonds. The molecule has 0 spiro atoms. The first-order valence-corrected chi connectivity index (χ1v) is 7.21. The van der Waals surface area contributed by atoms with Crippen LogP contribution in [-0.2, 0) is 11.2 Å². The largest absolute Gasteiger partial charge is 0.506 e. The minimum Gasteiger partial charge on any atom is -0.506 e. The Hall–Kier alpha value is -2.92. The number of fused-ring (bicyclic) bond motifs is 1. The Morgan fingerprint density at radius 1 is 1.09 bits per heavy atom. The first-order chi connectivity index (χ1) is 11.1. The highest BCUT2D eigenvalue weighted by Crippen LogP contribution is 2.32. The summed E-state index contributed by atoms with van der Waals surface area (Å²) in [5.41, 5.74) is 8.51. The number of aromatic nitrogens is 1. The van der Waals surface area contributed by atoms with Crippen molar-refractivity contribution < 1.29 is 15.0 Å². The van der Waals surface area contributed by atoms with Crippen LogP contribution >= 0.6 is 0 Å². The number of hydrogen-bond donors (Lipinski definition) is 3. The van der Waals surface area contributed by atoms with Crippen LogP contribution in [0.25, 0.3) is 22.0 Å². The van der Waals surface area contributed by atoms with Gasteiger partial charge in [-0.05, 0) is 29.3 Å². The van der Waals surface area contributed by atoms with Gasteiger partial charge in [-0.3, -0.25) is 4.79 Å². The van der Waals surface area contributed by atoms with Crippen molar-refractivity contribution in [3.8, 4) is 16.9 Å². The van der Waals surface area contributed by atoms with Crippen LogP contribution in [0.3, 0.4) is 0 Å². The van der Waals surface area contributed by atoms with E-state index in [1.165, 1.54) is 0 Å². The molecule has 23 heavy (non-hydrogen) atoms. The third-order valence-electron chi connectivity index (χ3n) is 3.72. The lowest BCUT2D eigenvalue weighted by Gasteiger charge is -2.11. The minimum atomic E-state index is -1.07. The molecular formula is C18H16N2O3. The molecule has 2 aromatic carbocycles. The normalized spacial score (nSPS) is 12.2. The Morgan fingerprint density at radius 3 is 2.52 bits per heavy atom. The third-order valence-corrected chi connectivity index (χ3v) is 3.72. The van der Waals surface area contributed by atoms with Gasteiger partial charge in [-0.15, -0.1) is 0 Å². The maximum Gasteiger partial charge on any atom is 0.320 e. The summed E-state index contributed by atoms with van der Waals surface area (Å²) in [7, 11) is 0. The molecule has 1 aromatic heterocycles. The third kappa shape index (κ3) is 3.00. The summed E-state index contributed by atoms with van der Waals surface area (Å²) in [6, 6.07) is 15.8. The van der Waals surface area contributed by atoms with Crippen molar-refractivity contribution >= 4 is 16.9 Å². The predicted molar refractivity (Wildman–Crippen MR) is 88.2 cm³/mol. The van der Waals surface area contributed by atoms with E-state index < -0.39 is 12.0 Å². The molecule has 0 aliphatic rings. The smallest absolute Gasteiger partial charge is 0.320 e. The van der Waals surface area contributed by atoms with Gasteiger partial charge in [0.05, 0.1) is 0 Å². The number of aromatic hydroxyl groups is 1. The molecule has 3 aromatic rings. The highest BCUT2D eigenvalue weighted by Gasteiger charge is 2.15. The number of benzene rings is 2. The highest BCUT2D eigenvalue weighted by molar-refractivity contribution is 5.97. The SMILES string of the molecule is N[C@@H](Cc1ccc2c(-c3ccccc3)ccc(O)c2n1)C(=O)O. The zero-order valence-corrected chi connectivity index (χ0v) is 12.3. The molecular weight excluding hydrogens is 292 g/mol. The Kier molecular flexibility index (Phi) is 3.95. The van der Waals surface area contributed by atoms with E-state index in [1.807, 2.05) is 42.5 Å². The summed E-state index contributed by atoms with van der Waals surface area (Å²) in [6.45, 7) is 0. The van der Waals surface area contributed by atoms with Crippen LogP contribution in [0.1, 0.15) is 5.69 Å². The van der Waals surface area contributed by atoms with E-state index in [4.69, 9.17) is 10.8 Å². The average molecular weight is 308 g/mol. The van der Waals surface area contributed by atoms with Gasteiger partial charge in [-0.25, -0.2) is 4.98 Å². The van der Waals surface area contributed by atoms with E-state index in [-0.39, 0.29) is 12.2 Å². The second-order valence-electron chi connectivity index (χ2n) is 5.35. The monoisotopic (exact) mass is 308 g/mol. The number of rotatable bonds is 4. The van der Waals surface area contributed by atoms with Gasteiger partial charge in [-0.1, -0.05) is 36.4 Å². The molecule has 5 heteroatoms. The second kappa shape index (κ2) is 6.06. The Bertz CT molecular complexity index is 863. The molecule has 0 aliphatic heterocycles. The maximum atomic E-state index is 10.9. The van der Waals surface area contributed by atoms with E-state index in [0.717, 1.165) is 16.5 Å². The van der Waals surface area contributed by atoms with Gasteiger partial charge in [0, 0.05) is 17.5 Å². The molecule has 4 N–H and O–H groups in total. The molecule has 0 fully saturated rings. The average Bonchev–Trinajstić information content (AvgIpc) is 2.56. The Morgan fingerprint density at radius 2 is 1.83 bits per heavy atom. The zero-order chi connectivity index (χ0) is 16.4. The van der Waals surface area contributed by atoms with Gasteiger partial charge in [0.15, 0.2) is 0 Å². The van der Waals surface area contributed by atoms with Crippen LogP contribution in [0.4, 0.5) is 0 Å². The van der Waals surface area contributed by atoms with Crippen LogP contribution in [0.15, 0.2) is 54.6 Å². The lowest BCUT2D eigenvalue weighted by atomic mass is 9.99. The fourth-order valence-electron chi connectivity index (χ4n) is 2.54. The Balaban J connectivity index is 2.10. The van der Waals surface area contributed by atoms with E-state index in [2.05, 4.69) is 4.98 Å². The van der Waals surface area contributed by atoms with Crippen LogP contribution in [0, 0.1) is 0 Å². The van der Waals surface area contributed by atoms with Crippen molar-refractivity contribution in [1.29, 1.82) is 0 Å². The number of phenolic OH excluding ortho intramolecular Hbond substituents is 1.